The lowest BCUT2D eigenvalue weighted by Gasteiger charge is -2.36. The van der Waals surface area contributed by atoms with Crippen LogP contribution in [0.15, 0.2) is 23.5 Å². The van der Waals surface area contributed by atoms with Crippen LogP contribution in [0.5, 0.6) is 0 Å². The van der Waals surface area contributed by atoms with Crippen LogP contribution in [0.25, 0.3) is 0 Å². The summed E-state index contributed by atoms with van der Waals surface area (Å²) in [6.07, 6.45) is 4.04. The van der Waals surface area contributed by atoms with Crippen molar-refractivity contribution in [2.24, 2.45) is 5.92 Å². The molecule has 0 aromatic rings. The van der Waals surface area contributed by atoms with E-state index in [0.29, 0.717) is 19.0 Å². The number of rotatable bonds is 2. The van der Waals surface area contributed by atoms with E-state index >= 15 is 0 Å². The van der Waals surface area contributed by atoms with E-state index in [1.807, 2.05) is 6.08 Å². The molecule has 0 radical (unpaired) electrons. The Hall–Kier alpha value is -1.78. The van der Waals surface area contributed by atoms with Gasteiger partial charge >= 0.3 is 0 Å². The molecule has 1 saturated heterocycles. The minimum atomic E-state index is -0.0411. The molecule has 1 fully saturated rings. The third-order valence-corrected chi connectivity index (χ3v) is 3.63. The van der Waals surface area contributed by atoms with E-state index < -0.39 is 0 Å². The number of piperazine rings is 1. The van der Waals surface area contributed by atoms with Crippen molar-refractivity contribution in [1.29, 1.82) is 0 Å². The Balaban J connectivity index is 2.05. The van der Waals surface area contributed by atoms with Gasteiger partial charge in [-0.05, 0) is 17.6 Å². The average molecular weight is 263 g/mol. The van der Waals surface area contributed by atoms with Crippen LogP contribution in [0.3, 0.4) is 0 Å². The third-order valence-electron chi connectivity index (χ3n) is 3.63. The molecule has 5 heteroatoms. The summed E-state index contributed by atoms with van der Waals surface area (Å²) in [4.78, 5) is 26.6. The highest BCUT2D eigenvalue weighted by Gasteiger charge is 2.28. The largest absolute Gasteiger partial charge is 0.368 e. The fourth-order valence-electron chi connectivity index (χ4n) is 2.28. The molecule has 2 rings (SSSR count). The van der Waals surface area contributed by atoms with Crippen molar-refractivity contribution in [1.82, 2.24) is 15.1 Å². The van der Waals surface area contributed by atoms with E-state index in [-0.39, 0.29) is 18.4 Å². The number of hydrogen-bond acceptors (Lipinski definition) is 3. The molecule has 104 valence electrons. The van der Waals surface area contributed by atoms with Gasteiger partial charge in [0.15, 0.2) is 0 Å². The third kappa shape index (κ3) is 2.97. The van der Waals surface area contributed by atoms with Crippen LogP contribution in [0.2, 0.25) is 0 Å². The average Bonchev–Trinajstić information content (AvgIpc) is 2.38. The highest BCUT2D eigenvalue weighted by atomic mass is 16.2. The first-order chi connectivity index (χ1) is 8.99. The molecule has 0 spiro atoms. The van der Waals surface area contributed by atoms with Crippen LogP contribution in [-0.2, 0) is 9.59 Å². The molecule has 0 saturated carbocycles. The molecule has 1 N–H and O–H groups in total. The van der Waals surface area contributed by atoms with Gasteiger partial charge in [-0.25, -0.2) is 0 Å². The Kier molecular flexibility index (Phi) is 3.93. The van der Waals surface area contributed by atoms with Crippen LogP contribution in [0, 0.1) is 5.92 Å². The summed E-state index contributed by atoms with van der Waals surface area (Å²) in [5.41, 5.74) is 1.33. The van der Waals surface area contributed by atoms with E-state index in [1.165, 1.54) is 12.5 Å². The second kappa shape index (κ2) is 5.47. The van der Waals surface area contributed by atoms with E-state index in [2.05, 4.69) is 25.2 Å². The Morgan fingerprint density at radius 2 is 2.05 bits per heavy atom. The molecular weight excluding hydrogens is 242 g/mol. The predicted octanol–water partition coefficient (Wildman–Crippen LogP) is 0.704. The summed E-state index contributed by atoms with van der Waals surface area (Å²) in [6.45, 7) is 7.92. The minimum Gasteiger partial charge on any atom is -0.368 e. The quantitative estimate of drug-likeness (QED) is 0.798. The second-order valence-electron chi connectivity index (χ2n) is 5.29. The van der Waals surface area contributed by atoms with Crippen molar-refractivity contribution in [2.75, 3.05) is 26.2 Å². The van der Waals surface area contributed by atoms with Gasteiger partial charge in [-0.15, -0.1) is 0 Å². The van der Waals surface area contributed by atoms with Crippen LogP contribution in [0.1, 0.15) is 20.8 Å². The summed E-state index contributed by atoms with van der Waals surface area (Å²) in [5, 5.41) is 3.29. The molecule has 0 aromatic heterocycles. The maximum Gasteiger partial charge on any atom is 0.247 e. The van der Waals surface area contributed by atoms with E-state index in [4.69, 9.17) is 0 Å². The maximum atomic E-state index is 12.1. The minimum absolute atomic E-state index is 0.0263. The number of nitrogens with zero attached hydrogens (tertiary/aromatic N) is 2. The lowest BCUT2D eigenvalue weighted by molar-refractivity contribution is -0.142. The first-order valence-corrected chi connectivity index (χ1v) is 6.69. The van der Waals surface area contributed by atoms with Crippen molar-refractivity contribution < 1.29 is 9.59 Å². The van der Waals surface area contributed by atoms with Gasteiger partial charge in [0.05, 0.1) is 0 Å². The molecule has 0 unspecified atom stereocenters. The van der Waals surface area contributed by atoms with Crippen LogP contribution >= 0.6 is 0 Å². The predicted molar refractivity (Wildman–Crippen MR) is 73.0 cm³/mol. The molecule has 0 aromatic carbocycles. The summed E-state index contributed by atoms with van der Waals surface area (Å²) < 4.78 is 0. The van der Waals surface area contributed by atoms with Crippen molar-refractivity contribution in [3.05, 3.63) is 23.5 Å². The standard InChI is InChI=1S/C14H21N3O2/c1-10(2)12-4-5-13(15-8-12)17-7-6-16(11(3)18)9-14(17)19/h4-5,10,15H,6-9H2,1-3H3. The number of nitrogens with one attached hydrogen (secondary N) is 1. The molecule has 19 heavy (non-hydrogen) atoms. The van der Waals surface area contributed by atoms with E-state index in [9.17, 15) is 9.59 Å². The number of dihydropyridines is 1. The van der Waals surface area contributed by atoms with Crippen molar-refractivity contribution in [2.45, 2.75) is 20.8 Å². The number of hydrogen-bond donors (Lipinski definition) is 1. The summed E-state index contributed by atoms with van der Waals surface area (Å²) >= 11 is 0. The van der Waals surface area contributed by atoms with Gasteiger partial charge in [-0.3, -0.25) is 14.5 Å². The van der Waals surface area contributed by atoms with Gasteiger partial charge in [-0.2, -0.15) is 0 Å². The number of amides is 2. The van der Waals surface area contributed by atoms with Gasteiger partial charge in [0.1, 0.15) is 12.4 Å². The van der Waals surface area contributed by atoms with Crippen molar-refractivity contribution >= 4 is 11.8 Å². The van der Waals surface area contributed by atoms with E-state index in [1.54, 1.807) is 9.80 Å². The zero-order valence-electron chi connectivity index (χ0n) is 11.8. The monoisotopic (exact) mass is 263 g/mol. The van der Waals surface area contributed by atoms with Gasteiger partial charge in [-0.1, -0.05) is 19.9 Å². The molecule has 5 nitrogen and oxygen atoms in total. The van der Waals surface area contributed by atoms with Crippen molar-refractivity contribution in [3.8, 4) is 0 Å². The van der Waals surface area contributed by atoms with Gasteiger partial charge < -0.3 is 10.2 Å². The highest BCUT2D eigenvalue weighted by molar-refractivity contribution is 5.86. The molecule has 2 aliphatic rings. The summed E-state index contributed by atoms with van der Waals surface area (Å²) in [7, 11) is 0. The summed E-state index contributed by atoms with van der Waals surface area (Å²) in [6, 6.07) is 0. The molecule has 2 amide bonds. The van der Waals surface area contributed by atoms with Crippen molar-refractivity contribution in [3.63, 3.8) is 0 Å². The van der Waals surface area contributed by atoms with Gasteiger partial charge in [0.25, 0.3) is 0 Å². The SMILES string of the molecule is CC(=O)N1CCN(C2=CC=C(C(C)C)CN2)C(=O)C1. The molecule has 2 heterocycles. The molecule has 0 aliphatic carbocycles. The second-order valence-corrected chi connectivity index (χ2v) is 5.29. The Morgan fingerprint density at radius 1 is 1.32 bits per heavy atom. The lowest BCUT2D eigenvalue weighted by atomic mass is 10.0. The normalized spacial score (nSPS) is 20.1. The molecule has 0 bridgehead atoms. The maximum absolute atomic E-state index is 12.1. The Bertz CT molecular complexity index is 452. The van der Waals surface area contributed by atoms with Gasteiger partial charge in [0, 0.05) is 26.6 Å². The molecule has 0 atom stereocenters. The molecular formula is C14H21N3O2. The van der Waals surface area contributed by atoms with Crippen LogP contribution in [0.4, 0.5) is 0 Å². The zero-order valence-corrected chi connectivity index (χ0v) is 11.8. The first kappa shape index (κ1) is 13.6. The summed E-state index contributed by atoms with van der Waals surface area (Å²) in [5.74, 6) is 1.29. The van der Waals surface area contributed by atoms with Crippen LogP contribution in [-0.4, -0.2) is 47.8 Å². The smallest absolute Gasteiger partial charge is 0.247 e. The highest BCUT2D eigenvalue weighted by Crippen LogP contribution is 2.17. The Labute approximate surface area is 113 Å². The number of allylic oxidation sites excluding steroid dienone is 2. The first-order valence-electron chi connectivity index (χ1n) is 6.69. The fraction of sp³-hybridized carbons (Fsp3) is 0.571. The van der Waals surface area contributed by atoms with Crippen LogP contribution < -0.4 is 5.32 Å². The zero-order chi connectivity index (χ0) is 14.0. The molecule has 2 aliphatic heterocycles. The Morgan fingerprint density at radius 3 is 2.53 bits per heavy atom. The van der Waals surface area contributed by atoms with E-state index in [0.717, 1.165) is 12.4 Å². The van der Waals surface area contributed by atoms with Gasteiger partial charge in [0.2, 0.25) is 11.8 Å². The lowest BCUT2D eigenvalue weighted by Crippen LogP contribution is -2.53. The number of carbonyl (C=O) groups excluding carboxylic acids is 2. The fourth-order valence-corrected chi connectivity index (χ4v) is 2.28. The number of carbonyl (C=O) groups is 2. The topological polar surface area (TPSA) is 52.7 Å².